The van der Waals surface area contributed by atoms with Gasteiger partial charge >= 0.3 is 5.97 Å². The van der Waals surface area contributed by atoms with Crippen molar-refractivity contribution in [1.82, 2.24) is 4.57 Å². The van der Waals surface area contributed by atoms with Crippen molar-refractivity contribution in [2.24, 2.45) is 7.05 Å². The number of nitriles is 1. The van der Waals surface area contributed by atoms with Crippen LogP contribution in [0.25, 0.3) is 10.9 Å². The van der Waals surface area contributed by atoms with Crippen LogP contribution in [0.3, 0.4) is 0 Å². The molecule has 0 saturated carbocycles. The predicted molar refractivity (Wildman–Crippen MR) is 97.6 cm³/mol. The number of aryl methyl sites for hydroxylation is 1. The zero-order valence-corrected chi connectivity index (χ0v) is 14.3. The lowest BCUT2D eigenvalue weighted by molar-refractivity contribution is -0.121. The van der Waals surface area contributed by atoms with E-state index >= 15 is 0 Å². The summed E-state index contributed by atoms with van der Waals surface area (Å²) >= 11 is 0. The molecule has 0 aliphatic carbocycles. The molecule has 1 heterocycles. The summed E-state index contributed by atoms with van der Waals surface area (Å²) < 4.78 is 7.04. The summed E-state index contributed by atoms with van der Waals surface area (Å²) in [5.74, 6) is -1.02. The second kappa shape index (κ2) is 7.53. The second-order valence-electron chi connectivity index (χ2n) is 5.72. The Labute approximate surface area is 150 Å². The number of amides is 1. The van der Waals surface area contributed by atoms with E-state index in [0.29, 0.717) is 11.3 Å². The van der Waals surface area contributed by atoms with E-state index in [4.69, 9.17) is 10.00 Å². The van der Waals surface area contributed by atoms with E-state index in [1.54, 1.807) is 30.5 Å². The molecule has 6 nitrogen and oxygen atoms in total. The molecule has 0 atom stereocenters. The quantitative estimate of drug-likeness (QED) is 0.525. The number of ether oxygens (including phenoxy) is 1. The molecule has 3 aromatic rings. The highest BCUT2D eigenvalue weighted by atomic mass is 16.5. The normalized spacial score (nSPS) is 10.3. The number of aromatic nitrogens is 1. The maximum absolute atomic E-state index is 12.4. The number of carbonyl (C=O) groups excluding carboxylic acids is 2. The fourth-order valence-electron chi connectivity index (χ4n) is 2.79. The zero-order valence-electron chi connectivity index (χ0n) is 14.3. The number of benzene rings is 2. The number of nitrogens with zero attached hydrogens (tertiary/aromatic N) is 3. The van der Waals surface area contributed by atoms with E-state index in [-0.39, 0.29) is 6.54 Å². The van der Waals surface area contributed by atoms with Gasteiger partial charge in [0, 0.05) is 29.8 Å². The highest BCUT2D eigenvalue weighted by Crippen LogP contribution is 2.21. The Kier molecular flexibility index (Phi) is 4.99. The molecule has 0 saturated heterocycles. The minimum atomic E-state index is -0.569. The molecule has 0 aliphatic heterocycles. The molecule has 0 bridgehead atoms. The molecule has 26 heavy (non-hydrogen) atoms. The molecule has 3 rings (SSSR count). The molecule has 0 N–H and O–H groups in total. The average molecular weight is 347 g/mol. The van der Waals surface area contributed by atoms with Gasteiger partial charge in [0.1, 0.15) is 6.54 Å². The number of fused-ring (bicyclic) bond motifs is 1. The van der Waals surface area contributed by atoms with Gasteiger partial charge in [-0.2, -0.15) is 5.26 Å². The number of carbonyl (C=O) groups is 2. The summed E-state index contributed by atoms with van der Waals surface area (Å²) in [5, 5.41) is 9.74. The molecule has 1 amide bonds. The number of hydrogen-bond donors (Lipinski definition) is 0. The van der Waals surface area contributed by atoms with E-state index < -0.39 is 18.5 Å². The maximum Gasteiger partial charge on any atom is 0.340 e. The summed E-state index contributed by atoms with van der Waals surface area (Å²) in [6, 6.07) is 18.2. The van der Waals surface area contributed by atoms with Gasteiger partial charge in [0.05, 0.1) is 11.6 Å². The molecule has 0 radical (unpaired) electrons. The Bertz CT molecular complexity index is 986. The molecule has 6 heteroatoms. The minimum absolute atomic E-state index is 0.116. The van der Waals surface area contributed by atoms with Gasteiger partial charge in [0.2, 0.25) is 0 Å². The SMILES string of the molecule is Cn1cc(C(=O)OCC(=O)N(CC#N)c2ccccc2)c2ccccc21. The lowest BCUT2D eigenvalue weighted by Crippen LogP contribution is -2.35. The lowest BCUT2D eigenvalue weighted by atomic mass is 10.2. The van der Waals surface area contributed by atoms with Crippen LogP contribution in [0.5, 0.6) is 0 Å². The average Bonchev–Trinajstić information content (AvgIpc) is 3.02. The molecule has 0 fully saturated rings. The highest BCUT2D eigenvalue weighted by molar-refractivity contribution is 6.05. The van der Waals surface area contributed by atoms with Crippen LogP contribution in [-0.4, -0.2) is 29.6 Å². The van der Waals surface area contributed by atoms with Gasteiger partial charge in [-0.25, -0.2) is 4.79 Å². The van der Waals surface area contributed by atoms with Crippen LogP contribution in [0.15, 0.2) is 60.8 Å². The van der Waals surface area contributed by atoms with E-state index in [1.807, 2.05) is 48.0 Å². The second-order valence-corrected chi connectivity index (χ2v) is 5.72. The summed E-state index contributed by atoms with van der Waals surface area (Å²) in [7, 11) is 1.84. The van der Waals surface area contributed by atoms with Gasteiger partial charge in [-0.05, 0) is 18.2 Å². The summed E-state index contributed by atoms with van der Waals surface area (Å²) in [6.07, 6.45) is 1.68. The smallest absolute Gasteiger partial charge is 0.340 e. The van der Waals surface area contributed by atoms with Gasteiger partial charge in [0.25, 0.3) is 5.91 Å². The monoisotopic (exact) mass is 347 g/mol. The van der Waals surface area contributed by atoms with E-state index in [2.05, 4.69) is 0 Å². The maximum atomic E-state index is 12.4. The van der Waals surface area contributed by atoms with Crippen molar-refractivity contribution < 1.29 is 14.3 Å². The first-order valence-electron chi connectivity index (χ1n) is 8.05. The largest absolute Gasteiger partial charge is 0.452 e. The number of esters is 1. The first-order valence-corrected chi connectivity index (χ1v) is 8.05. The van der Waals surface area contributed by atoms with Crippen LogP contribution >= 0.6 is 0 Å². The number of rotatable bonds is 5. The number of anilines is 1. The third-order valence-electron chi connectivity index (χ3n) is 4.04. The van der Waals surface area contributed by atoms with Crippen molar-refractivity contribution >= 4 is 28.5 Å². The summed E-state index contributed by atoms with van der Waals surface area (Å²) in [4.78, 5) is 26.1. The van der Waals surface area contributed by atoms with Crippen molar-refractivity contribution in [3.63, 3.8) is 0 Å². The van der Waals surface area contributed by atoms with E-state index in [9.17, 15) is 9.59 Å². The molecule has 0 aliphatic rings. The molecular weight excluding hydrogens is 330 g/mol. The molecule has 0 unspecified atom stereocenters. The number of hydrogen-bond acceptors (Lipinski definition) is 4. The Morgan fingerprint density at radius 2 is 1.81 bits per heavy atom. The van der Waals surface area contributed by atoms with Crippen molar-refractivity contribution in [1.29, 1.82) is 5.26 Å². The van der Waals surface area contributed by atoms with E-state index in [0.717, 1.165) is 10.9 Å². The molecule has 0 spiro atoms. The van der Waals surface area contributed by atoms with Crippen LogP contribution in [0, 0.1) is 11.3 Å². The van der Waals surface area contributed by atoms with Crippen LogP contribution in [0.4, 0.5) is 5.69 Å². The Morgan fingerprint density at radius 3 is 2.54 bits per heavy atom. The van der Waals surface area contributed by atoms with Gasteiger partial charge < -0.3 is 9.30 Å². The molecule has 130 valence electrons. The standard InChI is InChI=1S/C20H17N3O3/c1-22-13-17(16-9-5-6-10-18(16)22)20(25)26-14-19(24)23(12-11-21)15-7-3-2-4-8-15/h2-10,13H,12,14H2,1H3. The highest BCUT2D eigenvalue weighted by Gasteiger charge is 2.20. The molecule has 1 aromatic heterocycles. The first-order chi connectivity index (χ1) is 12.6. The van der Waals surface area contributed by atoms with Gasteiger partial charge in [-0.3, -0.25) is 9.69 Å². The number of para-hydroxylation sites is 2. The zero-order chi connectivity index (χ0) is 18.5. The first kappa shape index (κ1) is 17.2. The van der Waals surface area contributed by atoms with Crippen molar-refractivity contribution in [3.8, 4) is 6.07 Å². The Balaban J connectivity index is 1.74. The van der Waals surface area contributed by atoms with Crippen molar-refractivity contribution in [2.45, 2.75) is 0 Å². The fraction of sp³-hybridized carbons (Fsp3) is 0.150. The Morgan fingerprint density at radius 1 is 1.12 bits per heavy atom. The lowest BCUT2D eigenvalue weighted by Gasteiger charge is -2.19. The minimum Gasteiger partial charge on any atom is -0.452 e. The van der Waals surface area contributed by atoms with Crippen LogP contribution in [0.2, 0.25) is 0 Å². The van der Waals surface area contributed by atoms with Gasteiger partial charge in [0.15, 0.2) is 6.61 Å². The third kappa shape index (κ3) is 3.42. The predicted octanol–water partition coefficient (Wildman–Crippen LogP) is 2.89. The summed E-state index contributed by atoms with van der Waals surface area (Å²) in [5.41, 5.74) is 1.89. The molecular formula is C20H17N3O3. The third-order valence-corrected chi connectivity index (χ3v) is 4.04. The fourth-order valence-corrected chi connectivity index (χ4v) is 2.79. The molecule has 2 aromatic carbocycles. The van der Waals surface area contributed by atoms with Crippen LogP contribution in [-0.2, 0) is 16.6 Å². The van der Waals surface area contributed by atoms with Crippen LogP contribution < -0.4 is 4.90 Å². The van der Waals surface area contributed by atoms with Gasteiger partial charge in [-0.15, -0.1) is 0 Å². The Hall–Kier alpha value is -3.59. The topological polar surface area (TPSA) is 75.3 Å². The van der Waals surface area contributed by atoms with Crippen molar-refractivity contribution in [3.05, 3.63) is 66.4 Å². The van der Waals surface area contributed by atoms with Crippen molar-refractivity contribution in [2.75, 3.05) is 18.1 Å². The van der Waals surface area contributed by atoms with Gasteiger partial charge in [-0.1, -0.05) is 36.4 Å². The van der Waals surface area contributed by atoms with E-state index in [1.165, 1.54) is 4.90 Å². The van der Waals surface area contributed by atoms with Crippen LogP contribution in [0.1, 0.15) is 10.4 Å². The summed E-state index contributed by atoms with van der Waals surface area (Å²) in [6.45, 7) is -0.548.